The Labute approximate surface area is 120 Å². The SMILES string of the molecule is CC(C)(Br)C(=O)Nc1ccc(C(F)(F)F)cc1[N+](=O)[O-]. The summed E-state index contributed by atoms with van der Waals surface area (Å²) < 4.78 is 36.5. The van der Waals surface area contributed by atoms with Crippen molar-refractivity contribution in [2.75, 3.05) is 5.32 Å². The Bertz CT molecular complexity index is 553. The number of rotatable bonds is 3. The second-order valence-corrected chi connectivity index (χ2v) is 6.40. The Morgan fingerprint density at radius 3 is 2.30 bits per heavy atom. The summed E-state index contributed by atoms with van der Waals surface area (Å²) in [6.45, 7) is 3.00. The van der Waals surface area contributed by atoms with Gasteiger partial charge in [-0.25, -0.2) is 0 Å². The zero-order chi connectivity index (χ0) is 15.7. The number of alkyl halides is 4. The van der Waals surface area contributed by atoms with E-state index in [1.807, 2.05) is 0 Å². The number of carbonyl (C=O) groups is 1. The van der Waals surface area contributed by atoms with Gasteiger partial charge in [0.2, 0.25) is 5.91 Å². The number of amides is 1. The molecule has 5 nitrogen and oxygen atoms in total. The van der Waals surface area contributed by atoms with Gasteiger partial charge in [-0.1, -0.05) is 15.9 Å². The predicted octanol–water partition coefficient (Wildman–Crippen LogP) is 3.73. The molecule has 0 spiro atoms. The summed E-state index contributed by atoms with van der Waals surface area (Å²) in [6.07, 6.45) is -4.69. The van der Waals surface area contributed by atoms with E-state index in [2.05, 4.69) is 21.2 Å². The highest BCUT2D eigenvalue weighted by atomic mass is 79.9. The van der Waals surface area contributed by atoms with Crippen LogP contribution in [0.2, 0.25) is 0 Å². The third-order valence-corrected chi connectivity index (χ3v) is 2.67. The summed E-state index contributed by atoms with van der Waals surface area (Å²) >= 11 is 3.05. The van der Waals surface area contributed by atoms with E-state index in [1.165, 1.54) is 13.8 Å². The minimum atomic E-state index is -4.69. The molecule has 0 aliphatic heterocycles. The van der Waals surface area contributed by atoms with E-state index >= 15 is 0 Å². The molecule has 0 aromatic heterocycles. The molecule has 0 bridgehead atoms. The lowest BCUT2D eigenvalue weighted by atomic mass is 10.1. The first-order valence-electron chi connectivity index (χ1n) is 5.29. The standard InChI is InChI=1S/C11H10BrF3N2O3/c1-10(2,12)9(18)16-7-4-3-6(11(13,14)15)5-8(7)17(19)20/h3-5H,1-2H3,(H,16,18). The number of halogens is 4. The van der Waals surface area contributed by atoms with Crippen molar-refractivity contribution in [2.45, 2.75) is 24.3 Å². The van der Waals surface area contributed by atoms with Crippen LogP contribution in [-0.4, -0.2) is 15.2 Å². The van der Waals surface area contributed by atoms with Crippen molar-refractivity contribution in [3.05, 3.63) is 33.9 Å². The fourth-order valence-electron chi connectivity index (χ4n) is 1.24. The van der Waals surface area contributed by atoms with Crippen LogP contribution < -0.4 is 5.32 Å². The minimum absolute atomic E-state index is 0.291. The van der Waals surface area contributed by atoms with Gasteiger partial charge in [-0.05, 0) is 26.0 Å². The van der Waals surface area contributed by atoms with Gasteiger partial charge in [-0.15, -0.1) is 0 Å². The molecule has 0 heterocycles. The lowest BCUT2D eigenvalue weighted by molar-refractivity contribution is -0.384. The van der Waals surface area contributed by atoms with Crippen LogP contribution in [0.15, 0.2) is 18.2 Å². The van der Waals surface area contributed by atoms with Gasteiger partial charge in [0.05, 0.1) is 14.8 Å². The van der Waals surface area contributed by atoms with E-state index in [-0.39, 0.29) is 5.69 Å². The van der Waals surface area contributed by atoms with Gasteiger partial charge in [0.1, 0.15) is 5.69 Å². The largest absolute Gasteiger partial charge is 0.416 e. The number of carbonyl (C=O) groups excluding carboxylic acids is 1. The van der Waals surface area contributed by atoms with Crippen LogP contribution in [0.1, 0.15) is 19.4 Å². The van der Waals surface area contributed by atoms with Crippen LogP contribution in [0.5, 0.6) is 0 Å². The molecule has 0 atom stereocenters. The van der Waals surface area contributed by atoms with E-state index in [4.69, 9.17) is 0 Å². The lowest BCUT2D eigenvalue weighted by Gasteiger charge is -2.16. The molecule has 0 aliphatic carbocycles. The molecular formula is C11H10BrF3N2O3. The number of hydrogen-bond donors (Lipinski definition) is 1. The molecule has 110 valence electrons. The number of nitrogens with zero attached hydrogens (tertiary/aromatic N) is 1. The molecule has 1 aromatic carbocycles. The van der Waals surface area contributed by atoms with Crippen LogP contribution in [0, 0.1) is 10.1 Å². The van der Waals surface area contributed by atoms with E-state index in [0.717, 1.165) is 6.07 Å². The summed E-state index contributed by atoms with van der Waals surface area (Å²) in [4.78, 5) is 21.5. The molecule has 1 rings (SSSR count). The fraction of sp³-hybridized carbons (Fsp3) is 0.364. The number of benzene rings is 1. The smallest absolute Gasteiger partial charge is 0.319 e. The third-order valence-electron chi connectivity index (χ3n) is 2.31. The number of anilines is 1. The van der Waals surface area contributed by atoms with Crippen molar-refractivity contribution in [3.8, 4) is 0 Å². The number of hydrogen-bond acceptors (Lipinski definition) is 3. The third kappa shape index (κ3) is 3.92. The lowest BCUT2D eigenvalue weighted by Crippen LogP contribution is -2.31. The van der Waals surface area contributed by atoms with Crippen LogP contribution in [0.4, 0.5) is 24.5 Å². The number of nitro groups is 1. The maximum Gasteiger partial charge on any atom is 0.416 e. The van der Waals surface area contributed by atoms with E-state index in [1.54, 1.807) is 0 Å². The average molecular weight is 355 g/mol. The van der Waals surface area contributed by atoms with Crippen molar-refractivity contribution in [1.82, 2.24) is 0 Å². The second-order valence-electron chi connectivity index (χ2n) is 4.41. The van der Waals surface area contributed by atoms with E-state index in [0.29, 0.717) is 12.1 Å². The molecular weight excluding hydrogens is 345 g/mol. The van der Waals surface area contributed by atoms with Crippen molar-refractivity contribution < 1.29 is 22.9 Å². The van der Waals surface area contributed by atoms with Crippen molar-refractivity contribution in [2.24, 2.45) is 0 Å². The summed E-state index contributed by atoms with van der Waals surface area (Å²) in [5, 5.41) is 13.0. The summed E-state index contributed by atoms with van der Waals surface area (Å²) in [7, 11) is 0. The highest BCUT2D eigenvalue weighted by Crippen LogP contribution is 2.35. The normalized spacial score (nSPS) is 12.1. The molecule has 1 N–H and O–H groups in total. The van der Waals surface area contributed by atoms with Gasteiger partial charge >= 0.3 is 6.18 Å². The molecule has 0 unspecified atom stereocenters. The van der Waals surface area contributed by atoms with Gasteiger partial charge in [-0.2, -0.15) is 13.2 Å². The molecule has 0 aliphatic rings. The van der Waals surface area contributed by atoms with Crippen LogP contribution in [0.3, 0.4) is 0 Å². The Kier molecular flexibility index (Phi) is 4.42. The minimum Gasteiger partial charge on any atom is -0.319 e. The fourth-order valence-corrected chi connectivity index (χ4v) is 1.33. The molecule has 0 fully saturated rings. The van der Waals surface area contributed by atoms with Gasteiger partial charge < -0.3 is 5.32 Å². The maximum absolute atomic E-state index is 12.5. The highest BCUT2D eigenvalue weighted by Gasteiger charge is 2.34. The van der Waals surface area contributed by atoms with Gasteiger partial charge in [-0.3, -0.25) is 14.9 Å². The Morgan fingerprint density at radius 2 is 1.90 bits per heavy atom. The molecule has 0 radical (unpaired) electrons. The second kappa shape index (κ2) is 5.39. The first kappa shape index (κ1) is 16.4. The van der Waals surface area contributed by atoms with Gasteiger partial charge in [0.15, 0.2) is 0 Å². The quantitative estimate of drug-likeness (QED) is 0.510. The Hall–Kier alpha value is -1.64. The van der Waals surface area contributed by atoms with Crippen molar-refractivity contribution >= 4 is 33.2 Å². The molecule has 20 heavy (non-hydrogen) atoms. The highest BCUT2D eigenvalue weighted by molar-refractivity contribution is 9.10. The number of nitrogens with one attached hydrogen (secondary N) is 1. The summed E-state index contributed by atoms with van der Waals surface area (Å²) in [5.74, 6) is -0.611. The molecule has 1 aromatic rings. The Balaban J connectivity index is 3.22. The zero-order valence-corrected chi connectivity index (χ0v) is 12.0. The summed E-state index contributed by atoms with van der Waals surface area (Å²) in [5.41, 5.74) is -2.26. The Morgan fingerprint density at radius 1 is 1.35 bits per heavy atom. The monoisotopic (exact) mass is 354 g/mol. The first-order chi connectivity index (χ1) is 8.93. The first-order valence-corrected chi connectivity index (χ1v) is 6.08. The van der Waals surface area contributed by atoms with Gasteiger partial charge in [0, 0.05) is 6.07 Å². The van der Waals surface area contributed by atoms with Crippen LogP contribution >= 0.6 is 15.9 Å². The maximum atomic E-state index is 12.5. The summed E-state index contributed by atoms with van der Waals surface area (Å²) in [6, 6.07) is 1.91. The molecule has 0 saturated heterocycles. The van der Waals surface area contributed by atoms with Crippen molar-refractivity contribution in [1.29, 1.82) is 0 Å². The van der Waals surface area contributed by atoms with Crippen LogP contribution in [0.25, 0.3) is 0 Å². The van der Waals surface area contributed by atoms with E-state index < -0.39 is 32.6 Å². The molecule has 0 saturated carbocycles. The topological polar surface area (TPSA) is 72.2 Å². The number of nitro benzene ring substituents is 1. The van der Waals surface area contributed by atoms with Crippen LogP contribution in [-0.2, 0) is 11.0 Å². The average Bonchev–Trinajstić information content (AvgIpc) is 2.26. The zero-order valence-electron chi connectivity index (χ0n) is 10.4. The van der Waals surface area contributed by atoms with E-state index in [9.17, 15) is 28.1 Å². The molecule has 1 amide bonds. The predicted molar refractivity (Wildman–Crippen MR) is 69.7 cm³/mol. The molecule has 9 heteroatoms. The van der Waals surface area contributed by atoms with Gasteiger partial charge in [0.25, 0.3) is 5.69 Å². The van der Waals surface area contributed by atoms with Crippen molar-refractivity contribution in [3.63, 3.8) is 0 Å².